The summed E-state index contributed by atoms with van der Waals surface area (Å²) in [7, 11) is 0. The lowest BCUT2D eigenvalue weighted by atomic mass is 9.92. The Balaban J connectivity index is 2.27. The monoisotopic (exact) mass is 248 g/mol. The second-order valence-electron chi connectivity index (χ2n) is 4.57. The van der Waals surface area contributed by atoms with Crippen LogP contribution in [-0.2, 0) is 17.8 Å². The van der Waals surface area contributed by atoms with E-state index in [1.807, 2.05) is 17.0 Å². The zero-order valence-electron chi connectivity index (χ0n) is 10.8. The molecule has 2 rings (SSSR count). The van der Waals surface area contributed by atoms with E-state index < -0.39 is 0 Å². The number of fused-ring (bicyclic) bond motifs is 1. The topological polar surface area (TPSA) is 55.6 Å². The Morgan fingerprint density at radius 2 is 2.39 bits per heavy atom. The van der Waals surface area contributed by atoms with Crippen molar-refractivity contribution in [1.29, 1.82) is 0 Å². The van der Waals surface area contributed by atoms with Crippen LogP contribution in [0.5, 0.6) is 5.75 Å². The lowest BCUT2D eigenvalue weighted by Gasteiger charge is -2.34. The molecule has 1 aliphatic heterocycles. The van der Waals surface area contributed by atoms with Crippen molar-refractivity contribution in [3.8, 4) is 5.75 Å². The number of nitrogens with two attached hydrogens (primary N) is 1. The number of hydrogen-bond acceptors (Lipinski definition) is 3. The number of hydrogen-bond donors (Lipinski definition) is 1. The van der Waals surface area contributed by atoms with Gasteiger partial charge in [-0.3, -0.25) is 4.79 Å². The molecule has 1 aromatic rings. The average molecular weight is 248 g/mol. The molecule has 4 nitrogen and oxygen atoms in total. The predicted octanol–water partition coefficient (Wildman–Crippen LogP) is 1.32. The molecule has 0 aliphatic carbocycles. The molecule has 1 aromatic carbocycles. The van der Waals surface area contributed by atoms with Gasteiger partial charge in [-0.1, -0.05) is 19.1 Å². The van der Waals surface area contributed by atoms with Gasteiger partial charge in [0.2, 0.25) is 6.41 Å². The summed E-state index contributed by atoms with van der Waals surface area (Å²) in [6.07, 6.45) is 2.78. The molecule has 0 saturated heterocycles. The fraction of sp³-hybridized carbons (Fsp3) is 0.500. The molecule has 0 bridgehead atoms. The van der Waals surface area contributed by atoms with E-state index in [-0.39, 0.29) is 6.04 Å². The fourth-order valence-corrected chi connectivity index (χ4v) is 2.48. The summed E-state index contributed by atoms with van der Waals surface area (Å²) in [6, 6.07) is 6.29. The normalized spacial score (nSPS) is 18.3. The summed E-state index contributed by atoms with van der Waals surface area (Å²) < 4.78 is 5.68. The van der Waals surface area contributed by atoms with Crippen LogP contribution in [0.4, 0.5) is 0 Å². The molecule has 1 amide bonds. The molecule has 4 heteroatoms. The largest absolute Gasteiger partial charge is 0.492 e. The summed E-state index contributed by atoms with van der Waals surface area (Å²) in [6.45, 7) is 3.83. The van der Waals surface area contributed by atoms with Gasteiger partial charge in [-0.25, -0.2) is 0 Å². The maximum absolute atomic E-state index is 11.1. The Labute approximate surface area is 108 Å². The number of carbonyl (C=O) groups is 1. The van der Waals surface area contributed by atoms with Crippen molar-refractivity contribution in [2.45, 2.75) is 32.4 Å². The minimum Gasteiger partial charge on any atom is -0.492 e. The third-order valence-electron chi connectivity index (χ3n) is 3.47. The molecule has 18 heavy (non-hydrogen) atoms. The highest BCUT2D eigenvalue weighted by atomic mass is 16.5. The highest BCUT2D eigenvalue weighted by molar-refractivity contribution is 5.52. The second-order valence-corrected chi connectivity index (χ2v) is 4.57. The smallest absolute Gasteiger partial charge is 0.210 e. The first-order chi connectivity index (χ1) is 8.80. The van der Waals surface area contributed by atoms with Crippen LogP contribution < -0.4 is 10.5 Å². The van der Waals surface area contributed by atoms with Crippen LogP contribution in [0, 0.1) is 0 Å². The Morgan fingerprint density at radius 3 is 3.06 bits per heavy atom. The quantitative estimate of drug-likeness (QED) is 0.799. The van der Waals surface area contributed by atoms with Crippen molar-refractivity contribution in [2.75, 3.05) is 13.2 Å². The van der Waals surface area contributed by atoms with Crippen molar-refractivity contribution >= 4 is 6.41 Å². The van der Waals surface area contributed by atoms with Crippen molar-refractivity contribution in [3.05, 3.63) is 29.3 Å². The van der Waals surface area contributed by atoms with E-state index in [1.165, 1.54) is 11.1 Å². The van der Waals surface area contributed by atoms with Crippen molar-refractivity contribution in [3.63, 3.8) is 0 Å². The molecule has 1 unspecified atom stereocenters. The summed E-state index contributed by atoms with van der Waals surface area (Å²) >= 11 is 0. The zero-order chi connectivity index (χ0) is 13.0. The van der Waals surface area contributed by atoms with Gasteiger partial charge in [-0.15, -0.1) is 0 Å². The van der Waals surface area contributed by atoms with Gasteiger partial charge in [0.25, 0.3) is 0 Å². The predicted molar refractivity (Wildman–Crippen MR) is 70.4 cm³/mol. The van der Waals surface area contributed by atoms with Crippen LogP contribution in [0.15, 0.2) is 18.2 Å². The second kappa shape index (κ2) is 5.87. The molecule has 0 radical (unpaired) electrons. The van der Waals surface area contributed by atoms with E-state index >= 15 is 0 Å². The number of carbonyl (C=O) groups excluding carboxylic acids is 1. The summed E-state index contributed by atoms with van der Waals surface area (Å²) in [5.74, 6) is 0.918. The van der Waals surface area contributed by atoms with Gasteiger partial charge in [0, 0.05) is 24.7 Å². The summed E-state index contributed by atoms with van der Waals surface area (Å²) in [5, 5.41) is 0. The van der Waals surface area contributed by atoms with Crippen molar-refractivity contribution < 1.29 is 9.53 Å². The third kappa shape index (κ3) is 2.48. The molecular weight excluding hydrogens is 228 g/mol. The minimum absolute atomic E-state index is 0.276. The number of benzene rings is 1. The van der Waals surface area contributed by atoms with Gasteiger partial charge in [0.1, 0.15) is 12.4 Å². The molecule has 1 aliphatic rings. The zero-order valence-corrected chi connectivity index (χ0v) is 10.8. The first-order valence-electron chi connectivity index (χ1n) is 6.44. The molecule has 0 saturated carbocycles. The van der Waals surface area contributed by atoms with Gasteiger partial charge in [-0.2, -0.15) is 0 Å². The number of amides is 1. The Kier molecular flexibility index (Phi) is 4.20. The van der Waals surface area contributed by atoms with E-state index in [9.17, 15) is 4.79 Å². The van der Waals surface area contributed by atoms with Crippen molar-refractivity contribution in [1.82, 2.24) is 4.90 Å². The van der Waals surface area contributed by atoms with Crippen LogP contribution in [0.2, 0.25) is 0 Å². The molecule has 0 spiro atoms. The lowest BCUT2D eigenvalue weighted by molar-refractivity contribution is -0.121. The van der Waals surface area contributed by atoms with Gasteiger partial charge >= 0.3 is 0 Å². The molecule has 0 aromatic heterocycles. The highest BCUT2D eigenvalue weighted by Gasteiger charge is 2.25. The summed E-state index contributed by atoms with van der Waals surface area (Å²) in [4.78, 5) is 12.9. The SMILES string of the molecule is CCC1Cc2c(cccc2OCCN)CN1C=O. The molecule has 0 fully saturated rings. The molecule has 1 heterocycles. The van der Waals surface area contributed by atoms with Gasteiger partial charge < -0.3 is 15.4 Å². The summed E-state index contributed by atoms with van der Waals surface area (Å²) in [5.41, 5.74) is 7.88. The molecular formula is C14H20N2O2. The van der Waals surface area contributed by atoms with Crippen LogP contribution in [-0.4, -0.2) is 30.5 Å². The number of ether oxygens (including phenoxy) is 1. The highest BCUT2D eigenvalue weighted by Crippen LogP contribution is 2.31. The maximum atomic E-state index is 11.1. The van der Waals surface area contributed by atoms with Crippen LogP contribution in [0.3, 0.4) is 0 Å². The van der Waals surface area contributed by atoms with Crippen LogP contribution >= 0.6 is 0 Å². The Morgan fingerprint density at radius 1 is 1.56 bits per heavy atom. The molecule has 2 N–H and O–H groups in total. The van der Waals surface area contributed by atoms with Gasteiger partial charge in [0.05, 0.1) is 0 Å². The average Bonchev–Trinajstić information content (AvgIpc) is 2.43. The van der Waals surface area contributed by atoms with E-state index in [0.29, 0.717) is 19.7 Å². The van der Waals surface area contributed by atoms with Crippen LogP contribution in [0.25, 0.3) is 0 Å². The van der Waals surface area contributed by atoms with E-state index in [1.54, 1.807) is 0 Å². The van der Waals surface area contributed by atoms with E-state index in [4.69, 9.17) is 10.5 Å². The first-order valence-corrected chi connectivity index (χ1v) is 6.44. The number of nitrogens with zero attached hydrogens (tertiary/aromatic N) is 1. The van der Waals surface area contributed by atoms with E-state index in [0.717, 1.165) is 25.0 Å². The molecule has 1 atom stereocenters. The van der Waals surface area contributed by atoms with Crippen LogP contribution in [0.1, 0.15) is 24.5 Å². The van der Waals surface area contributed by atoms with Gasteiger partial charge in [0.15, 0.2) is 0 Å². The fourth-order valence-electron chi connectivity index (χ4n) is 2.48. The third-order valence-corrected chi connectivity index (χ3v) is 3.47. The van der Waals surface area contributed by atoms with E-state index in [2.05, 4.69) is 13.0 Å². The first kappa shape index (κ1) is 12.9. The van der Waals surface area contributed by atoms with Gasteiger partial charge in [-0.05, 0) is 24.5 Å². The number of rotatable bonds is 5. The molecule has 98 valence electrons. The Hall–Kier alpha value is -1.55. The standard InChI is InChI=1S/C14H20N2O2/c1-2-12-8-13-11(9-16(12)10-17)4-3-5-14(13)18-7-6-15/h3-5,10,12H,2,6-9,15H2,1H3. The van der Waals surface area contributed by atoms with Crippen molar-refractivity contribution in [2.24, 2.45) is 5.73 Å². The minimum atomic E-state index is 0.276. The lowest BCUT2D eigenvalue weighted by Crippen LogP contribution is -2.39. The Bertz CT molecular complexity index is 420. The maximum Gasteiger partial charge on any atom is 0.210 e.